The third kappa shape index (κ3) is 5.51. The number of hydrogen-bond acceptors (Lipinski definition) is 3. The number of carbonyl (C=O) groups excluding carboxylic acids is 2. The first-order valence-corrected chi connectivity index (χ1v) is 7.75. The first kappa shape index (κ1) is 17.0. The second kappa shape index (κ2) is 7.09. The van der Waals surface area contributed by atoms with Crippen LogP contribution in [0.25, 0.3) is 0 Å². The van der Waals surface area contributed by atoms with Gasteiger partial charge in [-0.3, -0.25) is 4.79 Å². The van der Waals surface area contributed by atoms with Crippen molar-refractivity contribution >= 4 is 11.9 Å². The van der Waals surface area contributed by atoms with Gasteiger partial charge in [-0.1, -0.05) is 19.8 Å². The van der Waals surface area contributed by atoms with E-state index in [1.165, 1.54) is 6.42 Å². The Morgan fingerprint density at radius 2 is 2.10 bits per heavy atom. The molecule has 1 aliphatic rings. The predicted octanol–water partition coefficient (Wildman–Crippen LogP) is 3.69. The largest absolute Gasteiger partial charge is 0.444 e. The Balaban J connectivity index is 2.54. The lowest BCUT2D eigenvalue weighted by Crippen LogP contribution is -2.45. The standard InChI is InChI=1S/C16H29NO3/c1-6-7-12-8-9-14(18)13(10-12)11(2)17-15(19)20-16(3,4)5/h11-13H,6-10H2,1-5H3,(H,17,19). The lowest BCUT2D eigenvalue weighted by molar-refractivity contribution is -0.126. The molecule has 1 amide bonds. The summed E-state index contributed by atoms with van der Waals surface area (Å²) in [6.07, 6.45) is 4.43. The number of nitrogens with one attached hydrogen (secondary N) is 1. The van der Waals surface area contributed by atoms with Crippen LogP contribution in [0.4, 0.5) is 4.79 Å². The van der Waals surface area contributed by atoms with Crippen molar-refractivity contribution in [2.24, 2.45) is 11.8 Å². The Bertz CT molecular complexity index is 346. The van der Waals surface area contributed by atoms with Crippen LogP contribution in [0.1, 0.15) is 66.7 Å². The predicted molar refractivity (Wildman–Crippen MR) is 79.6 cm³/mol. The van der Waals surface area contributed by atoms with E-state index in [2.05, 4.69) is 12.2 Å². The van der Waals surface area contributed by atoms with E-state index in [1.807, 2.05) is 27.7 Å². The van der Waals surface area contributed by atoms with E-state index in [0.29, 0.717) is 12.3 Å². The second-order valence-corrected chi connectivity index (χ2v) is 6.94. The van der Waals surface area contributed by atoms with Gasteiger partial charge in [-0.2, -0.15) is 0 Å². The smallest absolute Gasteiger partial charge is 0.407 e. The van der Waals surface area contributed by atoms with E-state index in [0.717, 1.165) is 19.3 Å². The highest BCUT2D eigenvalue weighted by atomic mass is 16.6. The number of ketones is 1. The van der Waals surface area contributed by atoms with E-state index in [-0.39, 0.29) is 17.7 Å². The summed E-state index contributed by atoms with van der Waals surface area (Å²) >= 11 is 0. The maximum Gasteiger partial charge on any atom is 0.407 e. The fourth-order valence-electron chi connectivity index (χ4n) is 2.89. The lowest BCUT2D eigenvalue weighted by Gasteiger charge is -2.32. The molecule has 116 valence electrons. The average molecular weight is 283 g/mol. The Labute approximate surface area is 122 Å². The van der Waals surface area contributed by atoms with Crippen molar-refractivity contribution in [1.82, 2.24) is 5.32 Å². The minimum absolute atomic E-state index is 0.0622. The maximum absolute atomic E-state index is 12.1. The summed E-state index contributed by atoms with van der Waals surface area (Å²) < 4.78 is 5.25. The molecule has 0 saturated heterocycles. The maximum atomic E-state index is 12.1. The van der Waals surface area contributed by atoms with Crippen LogP contribution in [0.15, 0.2) is 0 Å². The molecule has 20 heavy (non-hydrogen) atoms. The number of Topliss-reactive ketones (excluding diaryl/α,β-unsaturated/α-hetero) is 1. The first-order chi connectivity index (χ1) is 9.23. The summed E-state index contributed by atoms with van der Waals surface area (Å²) in [5, 5.41) is 2.82. The van der Waals surface area contributed by atoms with Gasteiger partial charge < -0.3 is 10.1 Å². The molecule has 0 aliphatic heterocycles. The lowest BCUT2D eigenvalue weighted by atomic mass is 9.76. The van der Waals surface area contributed by atoms with Crippen LogP contribution in [0.3, 0.4) is 0 Å². The molecular weight excluding hydrogens is 254 g/mol. The highest BCUT2D eigenvalue weighted by Crippen LogP contribution is 2.31. The third-order valence-electron chi connectivity index (χ3n) is 3.84. The Morgan fingerprint density at radius 3 is 2.65 bits per heavy atom. The second-order valence-electron chi connectivity index (χ2n) is 6.94. The fraction of sp³-hybridized carbons (Fsp3) is 0.875. The van der Waals surface area contributed by atoms with Crippen molar-refractivity contribution in [3.8, 4) is 0 Å². The first-order valence-electron chi connectivity index (χ1n) is 7.75. The van der Waals surface area contributed by atoms with Crippen molar-refractivity contribution in [1.29, 1.82) is 0 Å². The molecule has 4 heteroatoms. The average Bonchev–Trinajstić information content (AvgIpc) is 2.29. The highest BCUT2D eigenvalue weighted by molar-refractivity contribution is 5.83. The van der Waals surface area contributed by atoms with Gasteiger partial charge in [0.15, 0.2) is 0 Å². The van der Waals surface area contributed by atoms with E-state index in [1.54, 1.807) is 0 Å². The number of ether oxygens (including phenoxy) is 1. The molecule has 1 rings (SSSR count). The van der Waals surface area contributed by atoms with Gasteiger partial charge in [0, 0.05) is 18.4 Å². The molecule has 4 nitrogen and oxygen atoms in total. The summed E-state index contributed by atoms with van der Waals surface area (Å²) in [5.41, 5.74) is -0.509. The molecule has 0 heterocycles. The number of alkyl carbamates (subject to hydrolysis) is 1. The molecule has 0 radical (unpaired) electrons. The minimum Gasteiger partial charge on any atom is -0.444 e. The zero-order valence-corrected chi connectivity index (χ0v) is 13.5. The minimum atomic E-state index is -0.509. The Kier molecular flexibility index (Phi) is 6.03. The van der Waals surface area contributed by atoms with E-state index < -0.39 is 11.7 Å². The molecule has 0 bridgehead atoms. The number of hydrogen-bond donors (Lipinski definition) is 1. The molecule has 1 N–H and O–H groups in total. The van der Waals surface area contributed by atoms with Crippen LogP contribution in [-0.2, 0) is 9.53 Å². The van der Waals surface area contributed by atoms with Gasteiger partial charge in [-0.05, 0) is 46.5 Å². The van der Waals surface area contributed by atoms with Gasteiger partial charge in [0.2, 0.25) is 0 Å². The normalized spacial score (nSPS) is 25.1. The van der Waals surface area contributed by atoms with Gasteiger partial charge in [0.25, 0.3) is 0 Å². The molecule has 1 saturated carbocycles. The number of carbonyl (C=O) groups is 2. The van der Waals surface area contributed by atoms with Crippen molar-refractivity contribution < 1.29 is 14.3 Å². The zero-order valence-electron chi connectivity index (χ0n) is 13.5. The van der Waals surface area contributed by atoms with Crippen molar-refractivity contribution in [2.75, 3.05) is 0 Å². The summed E-state index contributed by atoms with van der Waals surface area (Å²) in [5.74, 6) is 0.833. The monoisotopic (exact) mass is 283 g/mol. The molecule has 0 aromatic heterocycles. The van der Waals surface area contributed by atoms with Crippen LogP contribution in [0, 0.1) is 11.8 Å². The van der Waals surface area contributed by atoms with E-state index in [4.69, 9.17) is 4.74 Å². The highest BCUT2D eigenvalue weighted by Gasteiger charge is 2.33. The van der Waals surface area contributed by atoms with Crippen LogP contribution >= 0.6 is 0 Å². The molecule has 1 aliphatic carbocycles. The Hall–Kier alpha value is -1.06. The quantitative estimate of drug-likeness (QED) is 0.856. The summed E-state index contributed by atoms with van der Waals surface area (Å²) in [7, 11) is 0. The molecular formula is C16H29NO3. The molecule has 0 spiro atoms. The van der Waals surface area contributed by atoms with Gasteiger partial charge in [0.05, 0.1) is 0 Å². The molecule has 0 aromatic rings. The van der Waals surface area contributed by atoms with Crippen LogP contribution < -0.4 is 5.32 Å². The molecule has 1 fully saturated rings. The SMILES string of the molecule is CCCC1CCC(=O)C(C(C)NC(=O)OC(C)(C)C)C1. The number of rotatable bonds is 4. The van der Waals surface area contributed by atoms with E-state index in [9.17, 15) is 9.59 Å². The van der Waals surface area contributed by atoms with Crippen molar-refractivity contribution in [3.05, 3.63) is 0 Å². The molecule has 3 unspecified atom stereocenters. The fourth-order valence-corrected chi connectivity index (χ4v) is 2.89. The van der Waals surface area contributed by atoms with Crippen LogP contribution in [-0.4, -0.2) is 23.5 Å². The molecule has 0 aromatic carbocycles. The van der Waals surface area contributed by atoms with Gasteiger partial charge in [-0.15, -0.1) is 0 Å². The van der Waals surface area contributed by atoms with Gasteiger partial charge in [0.1, 0.15) is 11.4 Å². The topological polar surface area (TPSA) is 55.4 Å². The van der Waals surface area contributed by atoms with Crippen molar-refractivity contribution in [3.63, 3.8) is 0 Å². The summed E-state index contributed by atoms with van der Waals surface area (Å²) in [6.45, 7) is 9.58. The zero-order chi connectivity index (χ0) is 15.3. The summed E-state index contributed by atoms with van der Waals surface area (Å²) in [6, 6.07) is -0.156. The van der Waals surface area contributed by atoms with Gasteiger partial charge >= 0.3 is 6.09 Å². The van der Waals surface area contributed by atoms with Crippen LogP contribution in [0.2, 0.25) is 0 Å². The van der Waals surface area contributed by atoms with E-state index >= 15 is 0 Å². The number of amides is 1. The van der Waals surface area contributed by atoms with Gasteiger partial charge in [-0.25, -0.2) is 4.79 Å². The van der Waals surface area contributed by atoms with Crippen molar-refractivity contribution in [2.45, 2.75) is 78.4 Å². The van der Waals surface area contributed by atoms with Crippen LogP contribution in [0.5, 0.6) is 0 Å². The summed E-state index contributed by atoms with van der Waals surface area (Å²) in [4.78, 5) is 23.8. The third-order valence-corrected chi connectivity index (χ3v) is 3.84. The molecule has 3 atom stereocenters. The Morgan fingerprint density at radius 1 is 1.45 bits per heavy atom.